The third kappa shape index (κ3) is 2.88. The molecule has 120 valence electrons. The topological polar surface area (TPSA) is 59.0 Å². The molecule has 0 unspecified atom stereocenters. The van der Waals surface area contributed by atoms with Crippen molar-refractivity contribution in [3.05, 3.63) is 22.7 Å². The summed E-state index contributed by atoms with van der Waals surface area (Å²) in [6.07, 6.45) is 1.88. The first-order chi connectivity index (χ1) is 10.4. The van der Waals surface area contributed by atoms with Crippen LogP contribution in [-0.4, -0.2) is 49.3 Å². The molecule has 1 aromatic carbocycles. The number of rotatable bonds is 6. The minimum Gasteiger partial charge on any atom is -0.493 e. The van der Waals surface area contributed by atoms with Crippen LogP contribution in [0, 0.1) is 0 Å². The van der Waals surface area contributed by atoms with Crippen LogP contribution in [0.5, 0.6) is 11.5 Å². The molecule has 1 heterocycles. The summed E-state index contributed by atoms with van der Waals surface area (Å²) >= 11 is 6.19. The highest BCUT2D eigenvalue weighted by Crippen LogP contribution is 2.56. The van der Waals surface area contributed by atoms with Crippen molar-refractivity contribution in [2.75, 3.05) is 27.2 Å². The summed E-state index contributed by atoms with van der Waals surface area (Å²) in [6.45, 7) is 1.72. The third-order valence-corrected chi connectivity index (χ3v) is 4.69. The number of carboxylic acids is 1. The van der Waals surface area contributed by atoms with Crippen LogP contribution in [0.15, 0.2) is 12.1 Å². The predicted molar refractivity (Wildman–Crippen MR) is 83.1 cm³/mol. The largest absolute Gasteiger partial charge is 0.493 e. The van der Waals surface area contributed by atoms with Gasteiger partial charge in [0.15, 0.2) is 11.5 Å². The maximum absolute atomic E-state index is 11.2. The fourth-order valence-electron chi connectivity index (χ4n) is 3.10. The predicted octanol–water partition coefficient (Wildman–Crippen LogP) is 2.55. The average Bonchev–Trinajstić information content (AvgIpc) is 3.17. The van der Waals surface area contributed by atoms with Crippen LogP contribution in [0.3, 0.4) is 0 Å². The van der Waals surface area contributed by atoms with Crippen molar-refractivity contribution in [1.82, 2.24) is 4.90 Å². The molecule has 22 heavy (non-hydrogen) atoms. The molecule has 1 aromatic rings. The van der Waals surface area contributed by atoms with Gasteiger partial charge < -0.3 is 14.6 Å². The van der Waals surface area contributed by atoms with Crippen LogP contribution in [0.4, 0.5) is 0 Å². The standard InChI is InChI=1S/C16H20ClNO4/c1-18-8-11(9-18)22-15-12(5-10(17)6-13(15)21-2)16(3-4-16)7-14(19)20/h5-6,11H,3-4,7-9H2,1-2H3,(H,19,20). The van der Waals surface area contributed by atoms with E-state index < -0.39 is 5.97 Å². The molecular formula is C16H20ClNO4. The van der Waals surface area contributed by atoms with Crippen molar-refractivity contribution in [3.63, 3.8) is 0 Å². The molecule has 3 rings (SSSR count). The number of ether oxygens (including phenoxy) is 2. The highest BCUT2D eigenvalue weighted by atomic mass is 35.5. The summed E-state index contributed by atoms with van der Waals surface area (Å²) in [4.78, 5) is 13.4. The van der Waals surface area contributed by atoms with Gasteiger partial charge in [0.1, 0.15) is 6.10 Å². The van der Waals surface area contributed by atoms with Gasteiger partial charge in [-0.3, -0.25) is 9.69 Å². The zero-order valence-electron chi connectivity index (χ0n) is 12.8. The van der Waals surface area contributed by atoms with E-state index in [0.29, 0.717) is 16.5 Å². The van der Waals surface area contributed by atoms with E-state index in [2.05, 4.69) is 4.90 Å². The Morgan fingerprint density at radius 1 is 1.45 bits per heavy atom. The van der Waals surface area contributed by atoms with Gasteiger partial charge in [0.25, 0.3) is 0 Å². The Kier molecular flexibility index (Phi) is 3.95. The Morgan fingerprint density at radius 2 is 2.14 bits per heavy atom. The van der Waals surface area contributed by atoms with Crippen molar-refractivity contribution >= 4 is 17.6 Å². The second-order valence-electron chi connectivity index (χ2n) is 6.30. The number of hydrogen-bond donors (Lipinski definition) is 1. The van der Waals surface area contributed by atoms with Gasteiger partial charge in [0, 0.05) is 35.2 Å². The lowest BCUT2D eigenvalue weighted by molar-refractivity contribution is -0.137. The zero-order valence-corrected chi connectivity index (χ0v) is 13.5. The van der Waals surface area contributed by atoms with Crippen LogP contribution in [0.2, 0.25) is 5.02 Å². The number of likely N-dealkylation sites (N-methyl/N-ethyl adjacent to an activating group) is 1. The Labute approximate surface area is 134 Å². The quantitative estimate of drug-likeness (QED) is 0.871. The highest BCUT2D eigenvalue weighted by Gasteiger charge is 2.49. The van der Waals surface area contributed by atoms with E-state index in [1.807, 2.05) is 13.1 Å². The molecule has 0 bridgehead atoms. The number of methoxy groups -OCH3 is 1. The molecule has 1 aliphatic carbocycles. The number of benzene rings is 1. The minimum atomic E-state index is -0.800. The molecule has 6 heteroatoms. The third-order valence-electron chi connectivity index (χ3n) is 4.47. The maximum atomic E-state index is 11.2. The molecule has 1 N–H and O–H groups in total. The van der Waals surface area contributed by atoms with E-state index in [9.17, 15) is 9.90 Å². The van der Waals surface area contributed by atoms with Gasteiger partial charge in [-0.15, -0.1) is 0 Å². The number of hydrogen-bond acceptors (Lipinski definition) is 4. The van der Waals surface area contributed by atoms with Gasteiger partial charge in [0.2, 0.25) is 0 Å². The van der Waals surface area contributed by atoms with Gasteiger partial charge in [-0.2, -0.15) is 0 Å². The molecule has 2 fully saturated rings. The molecule has 0 atom stereocenters. The SMILES string of the molecule is COc1cc(Cl)cc(C2(CC(=O)O)CC2)c1OC1CN(C)C1. The molecule has 0 spiro atoms. The van der Waals surface area contributed by atoms with Crippen molar-refractivity contribution in [2.45, 2.75) is 30.8 Å². The van der Waals surface area contributed by atoms with E-state index in [1.54, 1.807) is 13.2 Å². The van der Waals surface area contributed by atoms with Crippen molar-refractivity contribution in [3.8, 4) is 11.5 Å². The maximum Gasteiger partial charge on any atom is 0.304 e. The van der Waals surface area contributed by atoms with E-state index in [1.165, 1.54) is 0 Å². The minimum absolute atomic E-state index is 0.0947. The number of aliphatic carboxylic acids is 1. The molecule has 0 amide bonds. The van der Waals surface area contributed by atoms with E-state index in [4.69, 9.17) is 21.1 Å². The number of likely N-dealkylation sites (tertiary alicyclic amines) is 1. The second-order valence-corrected chi connectivity index (χ2v) is 6.73. The van der Waals surface area contributed by atoms with Gasteiger partial charge in [-0.05, 0) is 26.0 Å². The van der Waals surface area contributed by atoms with Crippen LogP contribution in [0.1, 0.15) is 24.8 Å². The highest BCUT2D eigenvalue weighted by molar-refractivity contribution is 6.30. The molecular weight excluding hydrogens is 306 g/mol. The summed E-state index contributed by atoms with van der Waals surface area (Å²) in [5.41, 5.74) is 0.503. The smallest absolute Gasteiger partial charge is 0.304 e. The first-order valence-electron chi connectivity index (χ1n) is 7.38. The Bertz CT molecular complexity index is 594. The normalized spacial score (nSPS) is 20.3. The Balaban J connectivity index is 1.96. The molecule has 0 aromatic heterocycles. The van der Waals surface area contributed by atoms with E-state index in [0.717, 1.165) is 31.5 Å². The first-order valence-corrected chi connectivity index (χ1v) is 7.76. The molecule has 0 radical (unpaired) electrons. The second kappa shape index (κ2) is 5.63. The monoisotopic (exact) mass is 325 g/mol. The van der Waals surface area contributed by atoms with Gasteiger partial charge in [-0.1, -0.05) is 11.6 Å². The number of halogens is 1. The van der Waals surface area contributed by atoms with E-state index in [-0.39, 0.29) is 17.9 Å². The fraction of sp³-hybridized carbons (Fsp3) is 0.562. The van der Waals surface area contributed by atoms with E-state index >= 15 is 0 Å². The summed E-state index contributed by atoms with van der Waals surface area (Å²) in [7, 11) is 3.61. The summed E-state index contributed by atoms with van der Waals surface area (Å²) < 4.78 is 11.5. The summed E-state index contributed by atoms with van der Waals surface area (Å²) in [5.74, 6) is 0.434. The summed E-state index contributed by atoms with van der Waals surface area (Å²) in [5, 5.41) is 9.74. The lowest BCUT2D eigenvalue weighted by atomic mass is 9.91. The number of carbonyl (C=O) groups is 1. The van der Waals surface area contributed by atoms with Crippen LogP contribution in [0.25, 0.3) is 0 Å². The number of carboxylic acid groups (broad SMARTS) is 1. The van der Waals surface area contributed by atoms with Crippen molar-refractivity contribution in [2.24, 2.45) is 0 Å². The molecule has 1 saturated heterocycles. The van der Waals surface area contributed by atoms with Gasteiger partial charge in [0.05, 0.1) is 13.5 Å². The van der Waals surface area contributed by atoms with Crippen molar-refractivity contribution < 1.29 is 19.4 Å². The van der Waals surface area contributed by atoms with Crippen LogP contribution < -0.4 is 9.47 Å². The van der Waals surface area contributed by atoms with Crippen LogP contribution in [-0.2, 0) is 10.2 Å². The Morgan fingerprint density at radius 3 is 2.64 bits per heavy atom. The van der Waals surface area contributed by atoms with Gasteiger partial charge in [-0.25, -0.2) is 0 Å². The van der Waals surface area contributed by atoms with Crippen LogP contribution >= 0.6 is 11.6 Å². The first kappa shape index (κ1) is 15.4. The molecule has 1 saturated carbocycles. The molecule has 5 nitrogen and oxygen atoms in total. The lowest BCUT2D eigenvalue weighted by Crippen LogP contribution is -2.51. The molecule has 2 aliphatic rings. The van der Waals surface area contributed by atoms with Crippen molar-refractivity contribution in [1.29, 1.82) is 0 Å². The Hall–Kier alpha value is -1.46. The summed E-state index contributed by atoms with van der Waals surface area (Å²) in [6, 6.07) is 3.55. The van der Waals surface area contributed by atoms with Gasteiger partial charge >= 0.3 is 5.97 Å². The molecule has 1 aliphatic heterocycles. The lowest BCUT2D eigenvalue weighted by Gasteiger charge is -2.37. The number of nitrogens with zero attached hydrogens (tertiary/aromatic N) is 1. The fourth-order valence-corrected chi connectivity index (χ4v) is 3.31. The average molecular weight is 326 g/mol. The zero-order chi connectivity index (χ0) is 15.9.